The molecule has 0 aliphatic heterocycles. The van der Waals surface area contributed by atoms with E-state index in [1.54, 1.807) is 32.9 Å². The minimum Gasteiger partial charge on any atom is -0.453 e. The van der Waals surface area contributed by atoms with Gasteiger partial charge in [0, 0.05) is 13.1 Å². The lowest BCUT2D eigenvalue weighted by Gasteiger charge is -2.14. The first-order valence-electron chi connectivity index (χ1n) is 8.13. The maximum absolute atomic E-state index is 12.5. The zero-order valence-corrected chi connectivity index (χ0v) is 16.1. The number of benzene rings is 1. The van der Waals surface area contributed by atoms with Crippen LogP contribution >= 0.6 is 0 Å². The van der Waals surface area contributed by atoms with Gasteiger partial charge in [-0.2, -0.15) is 0 Å². The van der Waals surface area contributed by atoms with Crippen molar-refractivity contribution < 1.29 is 22.7 Å². The Hall–Kier alpha value is -1.93. The summed E-state index contributed by atoms with van der Waals surface area (Å²) >= 11 is 0. The van der Waals surface area contributed by atoms with Gasteiger partial charge in [0.1, 0.15) is 0 Å². The van der Waals surface area contributed by atoms with E-state index in [2.05, 4.69) is 10.0 Å². The number of hydrogen-bond acceptors (Lipinski definition) is 5. The van der Waals surface area contributed by atoms with Crippen LogP contribution in [0.4, 0.5) is 0 Å². The van der Waals surface area contributed by atoms with Crippen LogP contribution in [0.1, 0.15) is 37.0 Å². The lowest BCUT2D eigenvalue weighted by molar-refractivity contribution is -0.154. The van der Waals surface area contributed by atoms with Crippen LogP contribution in [0.25, 0.3) is 0 Å². The average Bonchev–Trinajstić information content (AvgIpc) is 2.45. The summed E-state index contributed by atoms with van der Waals surface area (Å²) < 4.78 is 32.3. The fraction of sp³-hybridized carbons (Fsp3) is 0.529. The van der Waals surface area contributed by atoms with Crippen molar-refractivity contribution >= 4 is 21.9 Å². The third kappa shape index (κ3) is 6.13. The second-order valence-electron chi connectivity index (χ2n) is 5.90. The number of carbonyl (C=O) groups is 2. The summed E-state index contributed by atoms with van der Waals surface area (Å²) in [6.45, 7) is 8.93. The van der Waals surface area contributed by atoms with Crippen LogP contribution in [0, 0.1) is 20.8 Å². The first-order valence-corrected chi connectivity index (χ1v) is 9.61. The van der Waals surface area contributed by atoms with E-state index in [0.29, 0.717) is 17.7 Å². The van der Waals surface area contributed by atoms with E-state index >= 15 is 0 Å². The molecule has 7 nitrogen and oxygen atoms in total. The largest absolute Gasteiger partial charge is 0.453 e. The third-order valence-electron chi connectivity index (χ3n) is 3.52. The van der Waals surface area contributed by atoms with Crippen molar-refractivity contribution in [3.63, 3.8) is 0 Å². The summed E-state index contributed by atoms with van der Waals surface area (Å²) in [6, 6.07) is 3.59. The molecule has 0 unspecified atom stereocenters. The van der Waals surface area contributed by atoms with E-state index in [9.17, 15) is 18.0 Å². The molecule has 0 aliphatic rings. The summed E-state index contributed by atoms with van der Waals surface area (Å²) in [6.07, 6.45) is -1.07. The summed E-state index contributed by atoms with van der Waals surface area (Å²) in [5.74, 6) is -1.03. The Morgan fingerprint density at radius 1 is 1.16 bits per heavy atom. The van der Waals surface area contributed by atoms with Crippen molar-refractivity contribution in [1.29, 1.82) is 0 Å². The molecular formula is C17H26N2O5S. The molecule has 1 amide bonds. The van der Waals surface area contributed by atoms with Crippen LogP contribution in [0.5, 0.6) is 0 Å². The normalized spacial score (nSPS) is 12.5. The Bertz CT molecular complexity index is 720. The van der Waals surface area contributed by atoms with Gasteiger partial charge in [-0.15, -0.1) is 0 Å². The third-order valence-corrected chi connectivity index (χ3v) is 5.29. The van der Waals surface area contributed by atoms with Crippen molar-refractivity contribution in [3.8, 4) is 0 Å². The lowest BCUT2D eigenvalue weighted by atomic mass is 10.1. The first kappa shape index (κ1) is 21.1. The molecule has 0 heterocycles. The van der Waals surface area contributed by atoms with E-state index < -0.39 is 22.1 Å². The van der Waals surface area contributed by atoms with Gasteiger partial charge in [-0.25, -0.2) is 13.1 Å². The topological polar surface area (TPSA) is 102 Å². The van der Waals surface area contributed by atoms with Crippen LogP contribution in [0.15, 0.2) is 17.0 Å². The second kappa shape index (κ2) is 8.96. The number of aryl methyl sites for hydroxylation is 3. The van der Waals surface area contributed by atoms with Gasteiger partial charge in [0.05, 0.1) is 11.3 Å². The fourth-order valence-electron chi connectivity index (χ4n) is 2.58. The van der Waals surface area contributed by atoms with Gasteiger partial charge in [-0.3, -0.25) is 9.59 Å². The maximum atomic E-state index is 12.5. The second-order valence-corrected chi connectivity index (χ2v) is 7.61. The molecule has 0 spiro atoms. The van der Waals surface area contributed by atoms with Crippen molar-refractivity contribution in [2.45, 2.75) is 52.0 Å². The van der Waals surface area contributed by atoms with Crippen LogP contribution in [-0.4, -0.2) is 39.5 Å². The number of amides is 1. The Labute approximate surface area is 149 Å². The monoisotopic (exact) mass is 370 g/mol. The van der Waals surface area contributed by atoms with Gasteiger partial charge >= 0.3 is 5.97 Å². The number of rotatable bonds is 8. The van der Waals surface area contributed by atoms with E-state index in [-0.39, 0.29) is 23.8 Å². The molecule has 1 rings (SSSR count). The highest BCUT2D eigenvalue weighted by atomic mass is 32.2. The fourth-order valence-corrected chi connectivity index (χ4v) is 4.06. The standard InChI is InChI=1S/C17H26N2O5S/c1-6-18-17(21)14(5)24-15(20)7-8-19-25(22,23)16-12(3)9-11(2)10-13(16)4/h9-10,14,19H,6-8H2,1-5H3,(H,18,21)/t14-/m1/s1. The zero-order valence-electron chi connectivity index (χ0n) is 15.3. The van der Waals surface area contributed by atoms with Gasteiger partial charge in [0.2, 0.25) is 10.0 Å². The molecule has 0 bridgehead atoms. The smallest absolute Gasteiger partial charge is 0.307 e. The van der Waals surface area contributed by atoms with Crippen molar-refractivity contribution in [2.75, 3.05) is 13.1 Å². The summed E-state index contributed by atoms with van der Waals surface area (Å²) in [5, 5.41) is 2.54. The van der Waals surface area contributed by atoms with Crippen molar-refractivity contribution in [1.82, 2.24) is 10.0 Å². The van der Waals surface area contributed by atoms with Crippen LogP contribution < -0.4 is 10.0 Å². The Morgan fingerprint density at radius 3 is 2.24 bits per heavy atom. The summed E-state index contributed by atoms with van der Waals surface area (Å²) in [5.41, 5.74) is 2.28. The molecule has 0 aliphatic carbocycles. The van der Waals surface area contributed by atoms with Gasteiger partial charge in [-0.1, -0.05) is 17.7 Å². The predicted molar refractivity (Wildman–Crippen MR) is 94.7 cm³/mol. The quantitative estimate of drug-likeness (QED) is 0.673. The highest BCUT2D eigenvalue weighted by molar-refractivity contribution is 7.89. The number of esters is 1. The minimum absolute atomic E-state index is 0.101. The predicted octanol–water partition coefficient (Wildman–Crippen LogP) is 1.35. The van der Waals surface area contributed by atoms with E-state index in [0.717, 1.165) is 5.56 Å². The van der Waals surface area contributed by atoms with E-state index in [4.69, 9.17) is 4.74 Å². The molecule has 0 fully saturated rings. The number of hydrogen-bond donors (Lipinski definition) is 2. The van der Waals surface area contributed by atoms with Crippen LogP contribution in [0.3, 0.4) is 0 Å². The molecule has 1 atom stereocenters. The number of carbonyl (C=O) groups excluding carboxylic acids is 2. The molecule has 8 heteroatoms. The molecule has 1 aromatic rings. The zero-order chi connectivity index (χ0) is 19.2. The number of ether oxygens (including phenoxy) is 1. The molecular weight excluding hydrogens is 344 g/mol. The molecule has 0 radical (unpaired) electrons. The van der Waals surface area contributed by atoms with Gasteiger partial charge in [-0.05, 0) is 45.7 Å². The number of likely N-dealkylation sites (N-methyl/N-ethyl adjacent to an activating group) is 1. The van der Waals surface area contributed by atoms with Gasteiger partial charge in [0.15, 0.2) is 6.10 Å². The van der Waals surface area contributed by atoms with Crippen LogP contribution in [-0.2, 0) is 24.3 Å². The molecule has 1 aromatic carbocycles. The highest BCUT2D eigenvalue weighted by Crippen LogP contribution is 2.21. The maximum Gasteiger partial charge on any atom is 0.307 e. The van der Waals surface area contributed by atoms with Gasteiger partial charge in [0.25, 0.3) is 5.91 Å². The van der Waals surface area contributed by atoms with E-state index in [1.165, 1.54) is 6.92 Å². The summed E-state index contributed by atoms with van der Waals surface area (Å²) in [7, 11) is -3.72. The molecule has 0 aromatic heterocycles. The van der Waals surface area contributed by atoms with Gasteiger partial charge < -0.3 is 10.1 Å². The Balaban J connectivity index is 2.63. The van der Waals surface area contributed by atoms with Crippen molar-refractivity contribution in [3.05, 3.63) is 28.8 Å². The Morgan fingerprint density at radius 2 is 1.72 bits per heavy atom. The number of nitrogens with one attached hydrogen (secondary N) is 2. The molecule has 0 saturated carbocycles. The highest BCUT2D eigenvalue weighted by Gasteiger charge is 2.21. The molecule has 140 valence electrons. The van der Waals surface area contributed by atoms with Crippen molar-refractivity contribution in [2.24, 2.45) is 0 Å². The SMILES string of the molecule is CCNC(=O)[C@@H](C)OC(=O)CCNS(=O)(=O)c1c(C)cc(C)cc1C. The van der Waals surface area contributed by atoms with E-state index in [1.807, 2.05) is 6.92 Å². The minimum atomic E-state index is -3.72. The lowest BCUT2D eigenvalue weighted by Crippen LogP contribution is -2.36. The van der Waals surface area contributed by atoms with Crippen LogP contribution in [0.2, 0.25) is 0 Å². The Kier molecular flexibility index (Phi) is 7.57. The number of sulfonamides is 1. The molecule has 0 saturated heterocycles. The average molecular weight is 370 g/mol. The molecule has 2 N–H and O–H groups in total. The summed E-state index contributed by atoms with van der Waals surface area (Å²) in [4.78, 5) is 23.4. The first-order chi connectivity index (χ1) is 11.6. The molecule has 25 heavy (non-hydrogen) atoms.